The third kappa shape index (κ3) is 4.59. The lowest BCUT2D eigenvalue weighted by molar-refractivity contribution is -0.113. The lowest BCUT2D eigenvalue weighted by Gasteiger charge is -2.09. The van der Waals surface area contributed by atoms with Crippen LogP contribution in [-0.2, 0) is 17.8 Å². The van der Waals surface area contributed by atoms with Crippen LogP contribution in [0.1, 0.15) is 17.6 Å². The van der Waals surface area contributed by atoms with Crippen molar-refractivity contribution in [2.75, 3.05) is 11.1 Å². The van der Waals surface area contributed by atoms with Crippen molar-refractivity contribution >= 4 is 57.9 Å². The van der Waals surface area contributed by atoms with Gasteiger partial charge in [-0.05, 0) is 30.5 Å². The maximum atomic E-state index is 12.2. The number of thioether (sulfide) groups is 1. The Kier molecular flexibility index (Phi) is 6.58. The second kappa shape index (κ2) is 8.90. The Bertz CT molecular complexity index is 876. The van der Waals surface area contributed by atoms with Gasteiger partial charge < -0.3 is 9.88 Å². The first-order chi connectivity index (χ1) is 12.6. The molecule has 0 spiro atoms. The molecule has 0 unspecified atom stereocenters. The van der Waals surface area contributed by atoms with Crippen LogP contribution in [0, 0.1) is 0 Å². The number of carbonyl (C=O) groups is 1. The normalized spacial score (nSPS) is 10.9. The first-order valence-corrected chi connectivity index (χ1v) is 10.5. The molecule has 0 fully saturated rings. The third-order valence-electron chi connectivity index (χ3n) is 3.58. The quantitative estimate of drug-likeness (QED) is 0.540. The predicted octanol–water partition coefficient (Wildman–Crippen LogP) is 4.99. The number of rotatable bonds is 7. The molecule has 3 rings (SSSR count). The Morgan fingerprint density at radius 1 is 1.23 bits per heavy atom. The van der Waals surface area contributed by atoms with Gasteiger partial charge >= 0.3 is 0 Å². The Hall–Kier alpha value is -1.54. The van der Waals surface area contributed by atoms with E-state index in [9.17, 15) is 4.79 Å². The number of hydrogen-bond donors (Lipinski definition) is 1. The molecule has 0 bridgehead atoms. The molecule has 2 aromatic heterocycles. The molecule has 0 aliphatic carbocycles. The summed E-state index contributed by atoms with van der Waals surface area (Å²) in [6.07, 6.45) is 0.737. The highest BCUT2D eigenvalue weighted by Crippen LogP contribution is 2.30. The molecular formula is C17H16Cl2N4OS2. The Morgan fingerprint density at radius 3 is 2.65 bits per heavy atom. The number of nitrogens with one attached hydrogen (secondary N) is 1. The molecule has 0 atom stereocenters. The van der Waals surface area contributed by atoms with Gasteiger partial charge in [-0.1, -0.05) is 47.1 Å². The van der Waals surface area contributed by atoms with E-state index in [2.05, 4.69) is 21.6 Å². The van der Waals surface area contributed by atoms with E-state index in [0.717, 1.165) is 23.9 Å². The first-order valence-electron chi connectivity index (χ1n) is 7.89. The summed E-state index contributed by atoms with van der Waals surface area (Å²) in [5.74, 6) is 0.890. The maximum Gasteiger partial charge on any atom is 0.234 e. The smallest absolute Gasteiger partial charge is 0.234 e. The van der Waals surface area contributed by atoms with Gasteiger partial charge in [0.25, 0.3) is 0 Å². The van der Waals surface area contributed by atoms with Crippen LogP contribution in [0.4, 0.5) is 5.69 Å². The number of para-hydroxylation sites is 1. The van der Waals surface area contributed by atoms with E-state index < -0.39 is 0 Å². The minimum Gasteiger partial charge on any atom is -0.323 e. The molecular weight excluding hydrogens is 411 g/mol. The molecule has 1 aromatic carbocycles. The number of benzene rings is 1. The molecule has 0 saturated heterocycles. The SMILES string of the molecule is CCn1c(Cc2cccs2)nnc1SCC(=O)Nc1c(Cl)cccc1Cl. The van der Waals surface area contributed by atoms with E-state index in [1.54, 1.807) is 29.5 Å². The number of hydrogen-bond acceptors (Lipinski definition) is 5. The molecule has 0 radical (unpaired) electrons. The molecule has 2 heterocycles. The summed E-state index contributed by atoms with van der Waals surface area (Å²) in [5.41, 5.74) is 0.428. The number of thiophene rings is 1. The average Bonchev–Trinajstić information content (AvgIpc) is 3.26. The van der Waals surface area contributed by atoms with Gasteiger partial charge in [0.2, 0.25) is 5.91 Å². The largest absolute Gasteiger partial charge is 0.323 e. The van der Waals surface area contributed by atoms with E-state index in [1.807, 2.05) is 22.9 Å². The molecule has 26 heavy (non-hydrogen) atoms. The van der Waals surface area contributed by atoms with Crippen molar-refractivity contribution in [3.05, 3.63) is 56.5 Å². The van der Waals surface area contributed by atoms with Crippen LogP contribution < -0.4 is 5.32 Å². The molecule has 5 nitrogen and oxygen atoms in total. The number of nitrogens with zero attached hydrogens (tertiary/aromatic N) is 3. The van der Waals surface area contributed by atoms with Gasteiger partial charge in [-0.25, -0.2) is 0 Å². The van der Waals surface area contributed by atoms with E-state index >= 15 is 0 Å². The molecule has 1 amide bonds. The highest BCUT2D eigenvalue weighted by Gasteiger charge is 2.15. The van der Waals surface area contributed by atoms with Gasteiger partial charge in [-0.3, -0.25) is 4.79 Å². The van der Waals surface area contributed by atoms with Crippen LogP contribution in [0.5, 0.6) is 0 Å². The minimum atomic E-state index is -0.199. The zero-order chi connectivity index (χ0) is 18.5. The lowest BCUT2D eigenvalue weighted by Crippen LogP contribution is -2.15. The number of amides is 1. The zero-order valence-electron chi connectivity index (χ0n) is 13.9. The third-order valence-corrected chi connectivity index (χ3v) is 6.05. The second-order valence-electron chi connectivity index (χ2n) is 5.33. The number of anilines is 1. The van der Waals surface area contributed by atoms with E-state index in [4.69, 9.17) is 23.2 Å². The Labute approximate surface area is 169 Å². The molecule has 9 heteroatoms. The van der Waals surface area contributed by atoms with Gasteiger partial charge in [0.1, 0.15) is 5.82 Å². The second-order valence-corrected chi connectivity index (χ2v) is 8.12. The maximum absolute atomic E-state index is 12.2. The van der Waals surface area contributed by atoms with Crippen molar-refractivity contribution < 1.29 is 4.79 Å². The lowest BCUT2D eigenvalue weighted by atomic mass is 10.3. The van der Waals surface area contributed by atoms with Crippen LogP contribution in [0.2, 0.25) is 10.0 Å². The summed E-state index contributed by atoms with van der Waals surface area (Å²) in [6, 6.07) is 9.19. The average molecular weight is 427 g/mol. The van der Waals surface area contributed by atoms with Gasteiger partial charge in [0.15, 0.2) is 5.16 Å². The van der Waals surface area contributed by atoms with Crippen molar-refractivity contribution in [1.82, 2.24) is 14.8 Å². The molecule has 136 valence electrons. The van der Waals surface area contributed by atoms with E-state index in [1.165, 1.54) is 16.6 Å². The van der Waals surface area contributed by atoms with Crippen LogP contribution in [0.25, 0.3) is 0 Å². The van der Waals surface area contributed by atoms with Crippen LogP contribution in [0.15, 0.2) is 40.9 Å². The van der Waals surface area contributed by atoms with Crippen molar-refractivity contribution in [2.24, 2.45) is 0 Å². The summed E-state index contributed by atoms with van der Waals surface area (Å²) >= 11 is 15.2. The highest BCUT2D eigenvalue weighted by molar-refractivity contribution is 7.99. The van der Waals surface area contributed by atoms with E-state index in [-0.39, 0.29) is 11.7 Å². The molecule has 0 aliphatic rings. The molecule has 3 aromatic rings. The van der Waals surface area contributed by atoms with Gasteiger partial charge in [-0.15, -0.1) is 21.5 Å². The highest BCUT2D eigenvalue weighted by atomic mass is 35.5. The molecule has 1 N–H and O–H groups in total. The van der Waals surface area contributed by atoms with Gasteiger partial charge in [0, 0.05) is 17.8 Å². The topological polar surface area (TPSA) is 59.8 Å². The fraction of sp³-hybridized carbons (Fsp3) is 0.235. The zero-order valence-corrected chi connectivity index (χ0v) is 17.1. The van der Waals surface area contributed by atoms with Gasteiger partial charge in [-0.2, -0.15) is 0 Å². The fourth-order valence-corrected chi connectivity index (χ4v) is 4.38. The van der Waals surface area contributed by atoms with Crippen LogP contribution in [-0.4, -0.2) is 26.4 Å². The number of halogens is 2. The predicted molar refractivity (Wildman–Crippen MR) is 109 cm³/mol. The molecule has 0 saturated carbocycles. The van der Waals surface area contributed by atoms with Crippen LogP contribution in [0.3, 0.4) is 0 Å². The number of aromatic nitrogens is 3. The van der Waals surface area contributed by atoms with E-state index in [0.29, 0.717) is 15.7 Å². The molecule has 0 aliphatic heterocycles. The minimum absolute atomic E-state index is 0.193. The van der Waals surface area contributed by atoms with Gasteiger partial charge in [0.05, 0.1) is 21.5 Å². The van der Waals surface area contributed by atoms with Crippen molar-refractivity contribution in [3.8, 4) is 0 Å². The summed E-state index contributed by atoms with van der Waals surface area (Å²) in [6.45, 7) is 2.78. The summed E-state index contributed by atoms with van der Waals surface area (Å²) in [5, 5.41) is 14.8. The standard InChI is InChI=1S/C17H16Cl2N4OS2/c1-2-23-14(9-11-5-4-8-25-11)21-22-17(23)26-10-15(24)20-16-12(18)6-3-7-13(16)19/h3-8H,2,9-10H2,1H3,(H,20,24). The van der Waals surface area contributed by atoms with Crippen LogP contribution >= 0.6 is 46.3 Å². The van der Waals surface area contributed by atoms with Crippen molar-refractivity contribution in [3.63, 3.8) is 0 Å². The fourth-order valence-electron chi connectivity index (χ4n) is 2.37. The Balaban J connectivity index is 1.64. The summed E-state index contributed by atoms with van der Waals surface area (Å²) in [7, 11) is 0. The monoisotopic (exact) mass is 426 g/mol. The Morgan fingerprint density at radius 2 is 2.00 bits per heavy atom. The summed E-state index contributed by atoms with van der Waals surface area (Å²) < 4.78 is 2.03. The van der Waals surface area contributed by atoms with Crippen molar-refractivity contribution in [1.29, 1.82) is 0 Å². The number of carbonyl (C=O) groups excluding carboxylic acids is 1. The van der Waals surface area contributed by atoms with Crippen molar-refractivity contribution in [2.45, 2.75) is 25.0 Å². The first kappa shape index (κ1) is 19.2. The summed E-state index contributed by atoms with van der Waals surface area (Å²) in [4.78, 5) is 13.5.